The Kier molecular flexibility index (Phi) is 4.31. The molecule has 1 aromatic rings. The van der Waals surface area contributed by atoms with Gasteiger partial charge in [0.25, 0.3) is 0 Å². The summed E-state index contributed by atoms with van der Waals surface area (Å²) in [6.45, 7) is 2.11. The molecular weight excluding hydrogens is 324 g/mol. The Morgan fingerprint density at radius 2 is 2.30 bits per heavy atom. The van der Waals surface area contributed by atoms with Crippen LogP contribution in [0.3, 0.4) is 0 Å². The number of benzene rings is 1. The maximum atomic E-state index is 9.43. The van der Waals surface area contributed by atoms with Gasteiger partial charge in [-0.3, -0.25) is 0 Å². The van der Waals surface area contributed by atoms with Crippen molar-refractivity contribution >= 4 is 15.9 Å². The normalized spacial score (nSPS) is 29.8. The van der Waals surface area contributed by atoms with Crippen molar-refractivity contribution in [3.8, 4) is 5.75 Å². The third-order valence-electron chi connectivity index (χ3n) is 4.02. The first-order chi connectivity index (χ1) is 9.72. The van der Waals surface area contributed by atoms with Crippen LogP contribution in [0.25, 0.3) is 0 Å². The highest BCUT2D eigenvalue weighted by Crippen LogP contribution is 2.37. The van der Waals surface area contributed by atoms with E-state index in [0.29, 0.717) is 13.2 Å². The second kappa shape index (κ2) is 6.02. The summed E-state index contributed by atoms with van der Waals surface area (Å²) >= 11 is 3.50. The summed E-state index contributed by atoms with van der Waals surface area (Å²) in [6, 6.07) is 5.72. The molecule has 110 valence electrons. The summed E-state index contributed by atoms with van der Waals surface area (Å²) in [4.78, 5) is 0. The molecule has 0 saturated carbocycles. The Labute approximate surface area is 127 Å². The third-order valence-corrected chi connectivity index (χ3v) is 4.64. The summed E-state index contributed by atoms with van der Waals surface area (Å²) in [5.41, 5.74) is 0.645. The van der Waals surface area contributed by atoms with Gasteiger partial charge in [0.15, 0.2) is 0 Å². The summed E-state index contributed by atoms with van der Waals surface area (Å²) in [6.07, 6.45) is 2.76. The maximum Gasteiger partial charge on any atom is 0.139 e. The molecule has 3 rings (SSSR count). The average Bonchev–Trinajstić information content (AvgIpc) is 2.89. The van der Waals surface area contributed by atoms with Crippen LogP contribution in [0.1, 0.15) is 24.8 Å². The van der Waals surface area contributed by atoms with E-state index in [1.807, 2.05) is 18.2 Å². The molecule has 20 heavy (non-hydrogen) atoms. The van der Waals surface area contributed by atoms with Gasteiger partial charge in [0.05, 0.1) is 29.9 Å². The third kappa shape index (κ3) is 2.86. The smallest absolute Gasteiger partial charge is 0.139 e. The predicted molar refractivity (Wildman–Crippen MR) is 77.8 cm³/mol. The minimum Gasteiger partial charge on any atom is -0.489 e. The molecule has 5 heteroatoms. The minimum absolute atomic E-state index is 0.0216. The number of aliphatic hydroxyl groups excluding tert-OH is 1. The van der Waals surface area contributed by atoms with Crippen molar-refractivity contribution in [1.29, 1.82) is 0 Å². The van der Waals surface area contributed by atoms with Crippen LogP contribution in [-0.4, -0.2) is 36.6 Å². The molecule has 2 fully saturated rings. The first-order valence-electron chi connectivity index (χ1n) is 6.99. The van der Waals surface area contributed by atoms with Crippen molar-refractivity contribution in [2.75, 3.05) is 19.8 Å². The lowest BCUT2D eigenvalue weighted by atomic mass is 9.91. The topological polar surface area (TPSA) is 47.9 Å². The van der Waals surface area contributed by atoms with Gasteiger partial charge in [-0.2, -0.15) is 0 Å². The van der Waals surface area contributed by atoms with Gasteiger partial charge in [-0.15, -0.1) is 0 Å². The highest BCUT2D eigenvalue weighted by molar-refractivity contribution is 9.10. The summed E-state index contributed by atoms with van der Waals surface area (Å²) in [5.74, 6) is 0.746. The van der Waals surface area contributed by atoms with Crippen molar-refractivity contribution in [3.05, 3.63) is 28.2 Å². The molecule has 0 aliphatic carbocycles. The molecule has 0 radical (unpaired) electrons. The first-order valence-corrected chi connectivity index (χ1v) is 7.78. The molecule has 2 unspecified atom stereocenters. The molecule has 1 aromatic carbocycles. The van der Waals surface area contributed by atoms with Crippen LogP contribution in [0.2, 0.25) is 0 Å². The molecule has 2 atom stereocenters. The minimum atomic E-state index is -0.163. The Bertz CT molecular complexity index is 471. The molecule has 4 nitrogen and oxygen atoms in total. The molecule has 2 heterocycles. The lowest BCUT2D eigenvalue weighted by Crippen LogP contribution is -2.44. The highest BCUT2D eigenvalue weighted by atomic mass is 79.9. The van der Waals surface area contributed by atoms with Gasteiger partial charge in [0.2, 0.25) is 0 Å². The van der Waals surface area contributed by atoms with Crippen LogP contribution >= 0.6 is 15.9 Å². The number of hydrogen-bond donors (Lipinski definition) is 1. The van der Waals surface area contributed by atoms with E-state index in [1.165, 1.54) is 0 Å². The molecular formula is C15H19BrO4. The van der Waals surface area contributed by atoms with Crippen LogP contribution in [0, 0.1) is 0 Å². The van der Waals surface area contributed by atoms with E-state index in [4.69, 9.17) is 14.2 Å². The van der Waals surface area contributed by atoms with Gasteiger partial charge in [0, 0.05) is 31.4 Å². The van der Waals surface area contributed by atoms with Gasteiger partial charge < -0.3 is 19.3 Å². The van der Waals surface area contributed by atoms with Crippen molar-refractivity contribution in [2.24, 2.45) is 0 Å². The standard InChI is InChI=1S/C15H19BrO4/c16-13-3-1-2-11(9-17)14(13)20-12-4-6-19-15(8-12)5-7-18-10-15/h1-3,12,17H,4-10H2. The SMILES string of the molecule is OCc1cccc(Br)c1OC1CCOC2(CCOC2)C1. The Morgan fingerprint density at radius 3 is 3.05 bits per heavy atom. The molecule has 0 bridgehead atoms. The van der Waals surface area contributed by atoms with Gasteiger partial charge in [-0.25, -0.2) is 0 Å². The molecule has 1 N–H and O–H groups in total. The molecule has 2 aliphatic rings. The molecule has 0 amide bonds. The fourth-order valence-electron chi connectivity index (χ4n) is 2.92. The lowest BCUT2D eigenvalue weighted by molar-refractivity contribution is -0.112. The van der Waals surface area contributed by atoms with Crippen molar-refractivity contribution < 1.29 is 19.3 Å². The van der Waals surface area contributed by atoms with Crippen LogP contribution in [0.4, 0.5) is 0 Å². The van der Waals surface area contributed by atoms with Gasteiger partial charge in [-0.1, -0.05) is 12.1 Å². The number of hydrogen-bond acceptors (Lipinski definition) is 4. The second-order valence-corrected chi connectivity index (χ2v) is 6.31. The van der Waals surface area contributed by atoms with E-state index < -0.39 is 0 Å². The van der Waals surface area contributed by atoms with E-state index in [1.54, 1.807) is 0 Å². The van der Waals surface area contributed by atoms with Crippen LogP contribution in [0.15, 0.2) is 22.7 Å². The lowest BCUT2D eigenvalue weighted by Gasteiger charge is -2.37. The second-order valence-electron chi connectivity index (χ2n) is 5.45. The van der Waals surface area contributed by atoms with E-state index in [9.17, 15) is 5.11 Å². The molecule has 2 saturated heterocycles. The number of halogens is 1. The van der Waals surface area contributed by atoms with E-state index in [2.05, 4.69) is 15.9 Å². The molecule has 1 spiro atoms. The quantitative estimate of drug-likeness (QED) is 0.917. The number of aliphatic hydroxyl groups is 1. The van der Waals surface area contributed by atoms with Gasteiger partial charge in [-0.05, 0) is 22.0 Å². The monoisotopic (exact) mass is 342 g/mol. The zero-order chi connectivity index (χ0) is 14.0. The van der Waals surface area contributed by atoms with Crippen LogP contribution in [0.5, 0.6) is 5.75 Å². The van der Waals surface area contributed by atoms with E-state index >= 15 is 0 Å². The molecule has 2 aliphatic heterocycles. The predicted octanol–water partition coefficient (Wildman–Crippen LogP) is 2.66. The number of ether oxygens (including phenoxy) is 3. The summed E-state index contributed by atoms with van der Waals surface area (Å²) in [7, 11) is 0. The average molecular weight is 343 g/mol. The Balaban J connectivity index is 1.74. The van der Waals surface area contributed by atoms with Gasteiger partial charge in [0.1, 0.15) is 11.9 Å². The van der Waals surface area contributed by atoms with Crippen LogP contribution in [-0.2, 0) is 16.1 Å². The maximum absolute atomic E-state index is 9.43. The largest absolute Gasteiger partial charge is 0.489 e. The Morgan fingerprint density at radius 1 is 1.40 bits per heavy atom. The van der Waals surface area contributed by atoms with E-state index in [0.717, 1.165) is 41.7 Å². The highest BCUT2D eigenvalue weighted by Gasteiger charge is 2.42. The van der Waals surface area contributed by atoms with Gasteiger partial charge >= 0.3 is 0 Å². The number of rotatable bonds is 3. The van der Waals surface area contributed by atoms with Crippen molar-refractivity contribution in [3.63, 3.8) is 0 Å². The molecule has 0 aromatic heterocycles. The zero-order valence-corrected chi connectivity index (χ0v) is 12.9. The van der Waals surface area contributed by atoms with Crippen molar-refractivity contribution in [2.45, 2.75) is 37.6 Å². The van der Waals surface area contributed by atoms with Crippen LogP contribution < -0.4 is 4.74 Å². The summed E-state index contributed by atoms with van der Waals surface area (Å²) < 4.78 is 18.4. The summed E-state index contributed by atoms with van der Waals surface area (Å²) in [5, 5.41) is 9.43. The fourth-order valence-corrected chi connectivity index (χ4v) is 3.42. The van der Waals surface area contributed by atoms with Crippen molar-refractivity contribution in [1.82, 2.24) is 0 Å². The Hall–Kier alpha value is -0.620. The number of para-hydroxylation sites is 1. The fraction of sp³-hybridized carbons (Fsp3) is 0.600. The van der Waals surface area contributed by atoms with E-state index in [-0.39, 0.29) is 18.3 Å². The first kappa shape index (κ1) is 14.3. The zero-order valence-electron chi connectivity index (χ0n) is 11.3.